The van der Waals surface area contributed by atoms with E-state index >= 15 is 0 Å². The average Bonchev–Trinajstić information content (AvgIpc) is 3.67. The molecule has 412 valence electrons. The predicted molar refractivity (Wildman–Crippen MR) is 311 cm³/mol. The van der Waals surface area contributed by atoms with E-state index in [4.69, 9.17) is 13.5 Å². The summed E-state index contributed by atoms with van der Waals surface area (Å²) in [5.74, 6) is 6.77. The highest BCUT2D eigenvalue weighted by atomic mass is 32.3. The SMILES string of the molecule is CC.CC.CCCCCCCCC(C)C.CCCCCCCCOC(CCCCCN(CCCCO)CCC[C@@H](C)C1CCC2C3CCC4CCCCC4(C)C3CCC21C)OSC.CS(C)(C)O. The van der Waals surface area contributed by atoms with Gasteiger partial charge in [-0.25, -0.2) is 0 Å². The van der Waals surface area contributed by atoms with Crippen LogP contribution in [0, 0.1) is 52.3 Å². The topological polar surface area (TPSA) is 62.2 Å². The third-order valence-corrected chi connectivity index (χ3v) is 17.3. The van der Waals surface area contributed by atoms with Gasteiger partial charge in [-0.2, -0.15) is 0 Å². The lowest BCUT2D eigenvalue weighted by Gasteiger charge is -2.61. The zero-order valence-electron chi connectivity index (χ0n) is 49.0. The Morgan fingerprint density at radius 3 is 1.75 bits per heavy atom. The Balaban J connectivity index is 0.00000189. The summed E-state index contributed by atoms with van der Waals surface area (Å²) in [6.45, 7) is 30.0. The average molecular weight is 1000 g/mol. The fourth-order valence-corrected chi connectivity index (χ4v) is 13.8. The van der Waals surface area contributed by atoms with Crippen LogP contribution in [-0.4, -0.2) is 78.7 Å². The molecule has 4 rings (SSSR count). The molecule has 7 heteroatoms. The van der Waals surface area contributed by atoms with Crippen molar-refractivity contribution in [2.75, 3.05) is 57.9 Å². The van der Waals surface area contributed by atoms with Gasteiger partial charge in [0.25, 0.3) is 0 Å². The Hall–Kier alpha value is 0.500. The van der Waals surface area contributed by atoms with Crippen molar-refractivity contribution >= 4 is 22.4 Å². The highest BCUT2D eigenvalue weighted by molar-refractivity contribution is 8.27. The maximum atomic E-state index is 9.44. The molecule has 2 N–H and O–H groups in total. The Labute approximate surface area is 435 Å². The zero-order valence-corrected chi connectivity index (χ0v) is 50.7. The number of ether oxygens (including phenoxy) is 1. The summed E-state index contributed by atoms with van der Waals surface area (Å²) < 4.78 is 20.6. The summed E-state index contributed by atoms with van der Waals surface area (Å²) in [6, 6.07) is 0. The first-order valence-corrected chi connectivity index (χ1v) is 34.2. The van der Waals surface area contributed by atoms with Crippen LogP contribution in [0.1, 0.15) is 275 Å². The smallest absolute Gasteiger partial charge is 0.170 e. The quantitative estimate of drug-likeness (QED) is 0.0398. The van der Waals surface area contributed by atoms with E-state index in [1.165, 1.54) is 192 Å². The Morgan fingerprint density at radius 1 is 0.603 bits per heavy atom. The highest BCUT2D eigenvalue weighted by Gasteiger charge is 2.60. The van der Waals surface area contributed by atoms with E-state index in [2.05, 4.69) is 53.4 Å². The van der Waals surface area contributed by atoms with Crippen molar-refractivity contribution in [1.82, 2.24) is 4.90 Å². The van der Waals surface area contributed by atoms with Crippen molar-refractivity contribution < 1.29 is 18.6 Å². The Morgan fingerprint density at radius 2 is 1.15 bits per heavy atom. The zero-order chi connectivity index (χ0) is 51.3. The monoisotopic (exact) mass is 1000 g/mol. The molecule has 0 aromatic rings. The van der Waals surface area contributed by atoms with Crippen molar-refractivity contribution in [3.8, 4) is 0 Å². The Bertz CT molecular complexity index is 1100. The van der Waals surface area contributed by atoms with E-state index in [0.29, 0.717) is 17.4 Å². The number of aliphatic hydroxyl groups excluding tert-OH is 1. The summed E-state index contributed by atoms with van der Waals surface area (Å²) in [5.41, 5.74) is 1.26. The van der Waals surface area contributed by atoms with E-state index in [9.17, 15) is 5.11 Å². The van der Waals surface area contributed by atoms with Gasteiger partial charge < -0.3 is 19.3 Å². The third kappa shape index (κ3) is 28.8. The first kappa shape index (κ1) is 68.5. The molecular weight excluding hydrogens is 875 g/mol. The van der Waals surface area contributed by atoms with Crippen LogP contribution < -0.4 is 0 Å². The molecule has 0 spiro atoms. The van der Waals surface area contributed by atoms with Crippen LogP contribution in [0.15, 0.2) is 0 Å². The summed E-state index contributed by atoms with van der Waals surface area (Å²) in [7, 11) is -1.17. The second-order valence-electron chi connectivity index (χ2n) is 23.4. The first-order chi connectivity index (χ1) is 32.6. The van der Waals surface area contributed by atoms with Crippen molar-refractivity contribution in [2.45, 2.75) is 281 Å². The summed E-state index contributed by atoms with van der Waals surface area (Å²) in [4.78, 5) is 2.72. The molecule has 0 aliphatic heterocycles. The van der Waals surface area contributed by atoms with Crippen LogP contribution >= 0.6 is 22.4 Å². The molecule has 4 fully saturated rings. The number of aliphatic hydroxyl groups is 1. The van der Waals surface area contributed by atoms with Gasteiger partial charge in [0, 0.05) is 19.5 Å². The van der Waals surface area contributed by atoms with Gasteiger partial charge in [-0.15, -0.1) is 10.3 Å². The van der Waals surface area contributed by atoms with Crippen LogP contribution in [0.4, 0.5) is 0 Å². The molecule has 0 amide bonds. The van der Waals surface area contributed by atoms with Gasteiger partial charge in [-0.05, 0) is 205 Å². The van der Waals surface area contributed by atoms with Gasteiger partial charge in [-0.1, -0.05) is 172 Å². The van der Waals surface area contributed by atoms with Crippen LogP contribution in [0.5, 0.6) is 0 Å². The van der Waals surface area contributed by atoms with Gasteiger partial charge >= 0.3 is 0 Å². The van der Waals surface area contributed by atoms with Gasteiger partial charge in [0.2, 0.25) is 0 Å². The molecule has 9 atom stereocenters. The minimum Gasteiger partial charge on any atom is -0.396 e. The molecule has 68 heavy (non-hydrogen) atoms. The summed E-state index contributed by atoms with van der Waals surface area (Å²) in [5, 5.41) is 9.44. The van der Waals surface area contributed by atoms with Crippen molar-refractivity contribution in [3.63, 3.8) is 0 Å². The molecule has 0 aromatic carbocycles. The summed E-state index contributed by atoms with van der Waals surface area (Å²) >= 11 is 1.45. The number of hydrogen-bond acceptors (Lipinski definition) is 6. The van der Waals surface area contributed by atoms with Crippen molar-refractivity contribution in [3.05, 3.63) is 0 Å². The largest absolute Gasteiger partial charge is 0.396 e. The molecule has 8 unspecified atom stereocenters. The van der Waals surface area contributed by atoms with E-state index < -0.39 is 10.3 Å². The van der Waals surface area contributed by atoms with Crippen LogP contribution in [0.2, 0.25) is 0 Å². The van der Waals surface area contributed by atoms with Gasteiger partial charge in [-0.3, -0.25) is 4.18 Å². The van der Waals surface area contributed by atoms with E-state index in [1.54, 1.807) is 6.42 Å². The van der Waals surface area contributed by atoms with E-state index in [-0.39, 0.29) is 6.29 Å². The third-order valence-electron chi connectivity index (χ3n) is 16.9. The second kappa shape index (κ2) is 41.8. The lowest BCUT2D eigenvalue weighted by atomic mass is 9.44. The van der Waals surface area contributed by atoms with Crippen LogP contribution in [-0.2, 0) is 8.92 Å². The van der Waals surface area contributed by atoms with Crippen LogP contribution in [0.3, 0.4) is 0 Å². The number of nitrogens with zero attached hydrogens (tertiary/aromatic N) is 1. The van der Waals surface area contributed by atoms with Gasteiger partial charge in [0.15, 0.2) is 6.29 Å². The normalized spacial score (nSPS) is 26.3. The Kier molecular flexibility index (Phi) is 42.1. The lowest BCUT2D eigenvalue weighted by Crippen LogP contribution is -2.53. The minimum atomic E-state index is -1.17. The molecule has 4 aliphatic carbocycles. The molecule has 0 heterocycles. The standard InChI is InChI=1S/C43H81NO3S.C11H24.C3H10OS.2C2H6/c1-6-7-8-9-10-18-34-46-41(47-48-5)22-12-11-15-30-44(31-16-17-33-45)32-19-20-35(2)38-25-26-39-37-24-23-36-21-13-14-28-42(36,3)40(37)27-29-43(38,39)4;1-4-5-6-7-8-9-10-11(2)3;1-5(2,3)4;2*1-2/h35-41,45H,6-34H2,1-5H3;11H,4-10H2,1-3H3;4H,1-3H3;2*1-2H3/t35-,36?,37?,38?,39?,40?,41?,42?,43?;;;;/m1..../s1. The number of unbranched alkanes of at least 4 members (excludes halogenated alkanes) is 13. The second-order valence-corrected chi connectivity index (χ2v) is 27.5. The van der Waals surface area contributed by atoms with E-state index in [0.717, 1.165) is 80.3 Å². The molecule has 0 aromatic heterocycles. The number of hydrogen-bond donors (Lipinski definition) is 2. The van der Waals surface area contributed by atoms with Crippen molar-refractivity contribution in [2.24, 2.45) is 52.3 Å². The first-order valence-electron chi connectivity index (χ1n) is 30.2. The van der Waals surface area contributed by atoms with E-state index in [1.807, 2.05) is 52.7 Å². The fraction of sp³-hybridized carbons (Fsp3) is 1.00. The maximum Gasteiger partial charge on any atom is 0.170 e. The van der Waals surface area contributed by atoms with Gasteiger partial charge in [0.05, 0.1) is 0 Å². The molecule has 4 saturated carbocycles. The highest BCUT2D eigenvalue weighted by Crippen LogP contribution is 2.68. The minimum absolute atomic E-state index is 0.0599. The molecule has 0 radical (unpaired) electrons. The summed E-state index contributed by atoms with van der Waals surface area (Å²) in [6.07, 6.45) is 49.9. The molecular formula is C61H127NO4S2. The molecule has 5 nitrogen and oxygen atoms in total. The van der Waals surface area contributed by atoms with Gasteiger partial charge in [0.1, 0.15) is 0 Å². The molecule has 0 bridgehead atoms. The predicted octanol–water partition coefficient (Wildman–Crippen LogP) is 19.7. The lowest BCUT2D eigenvalue weighted by molar-refractivity contribution is -0.114. The fourth-order valence-electron chi connectivity index (χ4n) is 13.4. The molecule has 0 saturated heterocycles. The molecule has 4 aliphatic rings. The van der Waals surface area contributed by atoms with Crippen molar-refractivity contribution in [1.29, 1.82) is 0 Å². The number of rotatable bonds is 32. The van der Waals surface area contributed by atoms with Crippen LogP contribution in [0.25, 0.3) is 0 Å². The maximum absolute atomic E-state index is 9.44. The number of fused-ring (bicyclic) bond motifs is 5.